The van der Waals surface area contributed by atoms with Gasteiger partial charge in [-0.25, -0.2) is 18.6 Å². The van der Waals surface area contributed by atoms with Gasteiger partial charge in [0.25, 0.3) is 5.91 Å². The molecule has 1 unspecified atom stereocenters. The number of halogens is 1. The van der Waals surface area contributed by atoms with Gasteiger partial charge in [-0.1, -0.05) is 23.7 Å². The van der Waals surface area contributed by atoms with Gasteiger partial charge in [-0.2, -0.15) is 9.41 Å². The second-order valence-corrected chi connectivity index (χ2v) is 8.90. The number of carbonyl (C=O) groups excluding carboxylic acids is 2. The van der Waals surface area contributed by atoms with Crippen LogP contribution < -0.4 is 5.43 Å². The summed E-state index contributed by atoms with van der Waals surface area (Å²) in [6, 6.07) is 11.4. The van der Waals surface area contributed by atoms with Crippen molar-refractivity contribution in [2.75, 3.05) is 13.7 Å². The number of rotatable bonds is 6. The van der Waals surface area contributed by atoms with Crippen LogP contribution in [0, 0.1) is 0 Å². The minimum atomic E-state index is -3.82. The highest BCUT2D eigenvalue weighted by Gasteiger charge is 2.39. The number of methoxy groups -OCH3 is 1. The van der Waals surface area contributed by atoms with Crippen LogP contribution in [-0.2, 0) is 19.6 Å². The van der Waals surface area contributed by atoms with Crippen molar-refractivity contribution < 1.29 is 22.7 Å². The Morgan fingerprint density at radius 2 is 1.83 bits per heavy atom. The van der Waals surface area contributed by atoms with Gasteiger partial charge in [0, 0.05) is 11.6 Å². The third-order valence-corrected chi connectivity index (χ3v) is 6.82. The van der Waals surface area contributed by atoms with Gasteiger partial charge < -0.3 is 4.74 Å². The van der Waals surface area contributed by atoms with Gasteiger partial charge in [0.05, 0.1) is 23.8 Å². The van der Waals surface area contributed by atoms with Crippen molar-refractivity contribution in [1.82, 2.24) is 9.73 Å². The normalized spacial score (nSPS) is 17.2. The van der Waals surface area contributed by atoms with Crippen molar-refractivity contribution >= 4 is 39.7 Å². The number of amides is 1. The summed E-state index contributed by atoms with van der Waals surface area (Å²) in [6.45, 7) is 0.252. The molecule has 10 heteroatoms. The number of hydrogen-bond donors (Lipinski definition) is 1. The fraction of sp³-hybridized carbons (Fsp3) is 0.250. The second-order valence-electron chi connectivity index (χ2n) is 6.58. The molecule has 3 rings (SSSR count). The fourth-order valence-corrected chi connectivity index (χ4v) is 4.88. The van der Waals surface area contributed by atoms with E-state index in [2.05, 4.69) is 15.3 Å². The number of hydrazone groups is 1. The summed E-state index contributed by atoms with van der Waals surface area (Å²) in [5, 5.41) is 4.33. The van der Waals surface area contributed by atoms with E-state index in [0.717, 1.165) is 0 Å². The van der Waals surface area contributed by atoms with Gasteiger partial charge in [-0.3, -0.25) is 4.79 Å². The minimum absolute atomic E-state index is 0.0841. The summed E-state index contributed by atoms with van der Waals surface area (Å²) in [6.07, 6.45) is 2.39. The molecule has 2 aromatic carbocycles. The third kappa shape index (κ3) is 4.86. The molecule has 1 N–H and O–H groups in total. The molecule has 0 bridgehead atoms. The molecule has 0 aromatic heterocycles. The minimum Gasteiger partial charge on any atom is -0.465 e. The Morgan fingerprint density at radius 1 is 1.17 bits per heavy atom. The number of esters is 1. The summed E-state index contributed by atoms with van der Waals surface area (Å²) in [7, 11) is -2.53. The lowest BCUT2D eigenvalue weighted by Crippen LogP contribution is -2.44. The summed E-state index contributed by atoms with van der Waals surface area (Å²) < 4.78 is 31.6. The van der Waals surface area contributed by atoms with Gasteiger partial charge in [-0.15, -0.1) is 0 Å². The van der Waals surface area contributed by atoms with Gasteiger partial charge in [0.2, 0.25) is 10.0 Å². The van der Waals surface area contributed by atoms with Crippen LogP contribution in [0.15, 0.2) is 58.5 Å². The Labute approximate surface area is 179 Å². The van der Waals surface area contributed by atoms with E-state index in [1.54, 1.807) is 24.3 Å². The average molecular weight is 450 g/mol. The first-order valence-corrected chi connectivity index (χ1v) is 10.9. The zero-order valence-electron chi connectivity index (χ0n) is 16.1. The van der Waals surface area contributed by atoms with Crippen molar-refractivity contribution in [1.29, 1.82) is 0 Å². The van der Waals surface area contributed by atoms with Gasteiger partial charge in [0.15, 0.2) is 0 Å². The van der Waals surface area contributed by atoms with Crippen molar-refractivity contribution in [3.63, 3.8) is 0 Å². The monoisotopic (exact) mass is 449 g/mol. The molecule has 8 nitrogen and oxygen atoms in total. The predicted molar refractivity (Wildman–Crippen MR) is 112 cm³/mol. The lowest BCUT2D eigenvalue weighted by Gasteiger charge is -2.22. The maximum atomic E-state index is 12.9. The van der Waals surface area contributed by atoms with Gasteiger partial charge in [0.1, 0.15) is 6.04 Å². The van der Waals surface area contributed by atoms with E-state index in [1.165, 1.54) is 41.9 Å². The maximum Gasteiger partial charge on any atom is 0.337 e. The van der Waals surface area contributed by atoms with E-state index in [9.17, 15) is 18.0 Å². The zero-order chi connectivity index (χ0) is 21.7. The Morgan fingerprint density at radius 3 is 2.47 bits per heavy atom. The van der Waals surface area contributed by atoms with Crippen molar-refractivity contribution in [2.45, 2.75) is 23.8 Å². The lowest BCUT2D eigenvalue weighted by atomic mass is 10.1. The molecule has 158 valence electrons. The molecule has 1 heterocycles. The van der Waals surface area contributed by atoms with Crippen LogP contribution in [-0.4, -0.2) is 50.5 Å². The second kappa shape index (κ2) is 9.38. The number of carbonyl (C=O) groups is 2. The molecule has 1 fully saturated rings. The smallest absolute Gasteiger partial charge is 0.337 e. The number of hydrogen-bond acceptors (Lipinski definition) is 6. The van der Waals surface area contributed by atoms with Crippen molar-refractivity contribution in [3.8, 4) is 0 Å². The fourth-order valence-electron chi connectivity index (χ4n) is 3.10. The Bertz CT molecular complexity index is 1050. The van der Waals surface area contributed by atoms with Crippen LogP contribution in [0.3, 0.4) is 0 Å². The van der Waals surface area contributed by atoms with E-state index < -0.39 is 27.9 Å². The number of benzene rings is 2. The molecule has 2 aromatic rings. The highest BCUT2D eigenvalue weighted by molar-refractivity contribution is 7.89. The zero-order valence-corrected chi connectivity index (χ0v) is 17.7. The molecule has 30 heavy (non-hydrogen) atoms. The Balaban J connectivity index is 1.66. The van der Waals surface area contributed by atoms with E-state index in [-0.39, 0.29) is 11.4 Å². The predicted octanol–water partition coefficient (Wildman–Crippen LogP) is 2.43. The quantitative estimate of drug-likeness (QED) is 0.414. The molecular weight excluding hydrogens is 430 g/mol. The van der Waals surface area contributed by atoms with Gasteiger partial charge in [-0.05, 0) is 54.8 Å². The van der Waals surface area contributed by atoms with Crippen LogP contribution in [0.2, 0.25) is 5.02 Å². The van der Waals surface area contributed by atoms with E-state index in [0.29, 0.717) is 29.0 Å². The molecule has 0 radical (unpaired) electrons. The lowest BCUT2D eigenvalue weighted by molar-refractivity contribution is -0.124. The molecule has 1 aliphatic rings. The number of nitrogens with zero attached hydrogens (tertiary/aromatic N) is 2. The Hall–Kier alpha value is -2.75. The van der Waals surface area contributed by atoms with Crippen LogP contribution in [0.25, 0.3) is 0 Å². The van der Waals surface area contributed by atoms with Crippen molar-refractivity contribution in [2.24, 2.45) is 5.10 Å². The van der Waals surface area contributed by atoms with E-state index in [4.69, 9.17) is 11.6 Å². The maximum absolute atomic E-state index is 12.9. The number of nitrogens with one attached hydrogen (secondary N) is 1. The summed E-state index contributed by atoms with van der Waals surface area (Å²) in [4.78, 5) is 24.1. The highest BCUT2D eigenvalue weighted by atomic mass is 35.5. The average Bonchev–Trinajstić information content (AvgIpc) is 3.25. The summed E-state index contributed by atoms with van der Waals surface area (Å²) in [5.41, 5.74) is 3.44. The van der Waals surface area contributed by atoms with E-state index in [1.807, 2.05) is 0 Å². The van der Waals surface area contributed by atoms with Crippen LogP contribution in [0.4, 0.5) is 0 Å². The number of sulfonamides is 1. The Kier molecular flexibility index (Phi) is 6.86. The molecular formula is C20H20ClN3O5S. The first kappa shape index (κ1) is 21.9. The van der Waals surface area contributed by atoms with Crippen molar-refractivity contribution in [3.05, 3.63) is 64.7 Å². The first-order chi connectivity index (χ1) is 14.3. The molecule has 0 saturated carbocycles. The van der Waals surface area contributed by atoms with E-state index >= 15 is 0 Å². The summed E-state index contributed by atoms with van der Waals surface area (Å²) >= 11 is 5.83. The van der Waals surface area contributed by atoms with Crippen LogP contribution >= 0.6 is 11.6 Å². The largest absolute Gasteiger partial charge is 0.465 e. The van der Waals surface area contributed by atoms with Gasteiger partial charge >= 0.3 is 5.97 Å². The van der Waals surface area contributed by atoms with Crippen LogP contribution in [0.5, 0.6) is 0 Å². The molecule has 1 saturated heterocycles. The standard InChI is InChI=1S/C20H20ClN3O5S/c1-29-20(26)15-6-4-14(5-7-15)13-22-23-19(25)18-3-2-12-24(18)30(27,28)17-10-8-16(21)9-11-17/h4-11,13,18H,2-3,12H2,1H3,(H,23,25)/b22-13+. The van der Waals surface area contributed by atoms with Crippen LogP contribution in [0.1, 0.15) is 28.8 Å². The molecule has 0 spiro atoms. The first-order valence-electron chi connectivity index (χ1n) is 9.11. The molecule has 1 aliphatic heterocycles. The number of ether oxygens (including phenoxy) is 1. The molecule has 1 amide bonds. The molecule has 0 aliphatic carbocycles. The topological polar surface area (TPSA) is 105 Å². The summed E-state index contributed by atoms with van der Waals surface area (Å²) in [5.74, 6) is -0.956. The third-order valence-electron chi connectivity index (χ3n) is 4.65. The SMILES string of the molecule is COC(=O)c1ccc(/C=N/NC(=O)C2CCCN2S(=O)(=O)c2ccc(Cl)cc2)cc1. The molecule has 1 atom stereocenters. The highest BCUT2D eigenvalue weighted by Crippen LogP contribution is 2.27.